The number of nitrogens with zero attached hydrogens (tertiary/aromatic N) is 2. The number of sulfonamides is 1. The molecule has 0 bridgehead atoms. The molecule has 1 saturated heterocycles. The number of aromatic nitrogens is 1. The van der Waals surface area contributed by atoms with E-state index in [0.717, 1.165) is 55.0 Å². The molecule has 182 valence electrons. The predicted molar refractivity (Wildman–Crippen MR) is 139 cm³/mol. The van der Waals surface area contributed by atoms with E-state index in [9.17, 15) is 8.42 Å². The maximum Gasteiger partial charge on any atom is 0.240 e. The van der Waals surface area contributed by atoms with Gasteiger partial charge in [-0.2, -0.15) is 0 Å². The number of hydrogen-bond acceptors (Lipinski definition) is 7. The molecule has 0 amide bonds. The number of fused-ring (bicyclic) bond motifs is 1. The van der Waals surface area contributed by atoms with Crippen LogP contribution in [-0.2, 0) is 10.0 Å². The fourth-order valence-corrected chi connectivity index (χ4v) is 5.70. The van der Waals surface area contributed by atoms with Crippen LogP contribution in [-0.4, -0.2) is 63.7 Å². The van der Waals surface area contributed by atoms with Gasteiger partial charge in [-0.25, -0.2) is 18.1 Å². The van der Waals surface area contributed by atoms with Crippen molar-refractivity contribution in [2.45, 2.75) is 23.8 Å². The second-order valence-corrected chi connectivity index (χ2v) is 10.2. The second-order valence-electron chi connectivity index (χ2n) is 7.56. The lowest BCUT2D eigenvalue weighted by Gasteiger charge is -2.35. The Labute approximate surface area is 211 Å². The van der Waals surface area contributed by atoms with E-state index in [1.807, 2.05) is 30.3 Å². The van der Waals surface area contributed by atoms with E-state index in [1.165, 1.54) is 11.3 Å². The van der Waals surface area contributed by atoms with Gasteiger partial charge < -0.3 is 10.1 Å². The first kappa shape index (κ1) is 27.8. The van der Waals surface area contributed by atoms with E-state index < -0.39 is 10.0 Å². The number of hydrogen-bond donors (Lipinski definition) is 2. The number of halogens is 2. The Hall–Kier alpha value is -1.46. The van der Waals surface area contributed by atoms with E-state index in [4.69, 9.17) is 4.74 Å². The SMILES string of the molecule is Cl.Cl.O=S(=O)(NCCC(CCOc1ccccc1)N1CCNCC1)c1ccc2ncsc2c1. The topological polar surface area (TPSA) is 83.6 Å². The van der Waals surface area contributed by atoms with Crippen LogP contribution >= 0.6 is 36.2 Å². The molecule has 7 nitrogen and oxygen atoms in total. The summed E-state index contributed by atoms with van der Waals surface area (Å²) in [7, 11) is -3.55. The Morgan fingerprint density at radius 1 is 1.09 bits per heavy atom. The third kappa shape index (κ3) is 7.78. The monoisotopic (exact) mass is 532 g/mol. The summed E-state index contributed by atoms with van der Waals surface area (Å²) in [5, 5.41) is 3.38. The highest BCUT2D eigenvalue weighted by Gasteiger charge is 2.22. The molecule has 1 aliphatic heterocycles. The lowest BCUT2D eigenvalue weighted by Crippen LogP contribution is -2.49. The first-order chi connectivity index (χ1) is 15.1. The molecule has 4 rings (SSSR count). The Balaban J connectivity index is 0.00000193. The van der Waals surface area contributed by atoms with Gasteiger partial charge in [-0.05, 0) is 43.2 Å². The Bertz CT molecular complexity index is 1080. The summed E-state index contributed by atoms with van der Waals surface area (Å²) in [6, 6.07) is 15.1. The molecule has 0 saturated carbocycles. The van der Waals surface area contributed by atoms with Crippen molar-refractivity contribution in [3.05, 3.63) is 54.0 Å². The van der Waals surface area contributed by atoms with Gasteiger partial charge in [0.05, 0.1) is 27.2 Å². The van der Waals surface area contributed by atoms with Crippen LogP contribution in [0.4, 0.5) is 0 Å². The van der Waals surface area contributed by atoms with Crippen molar-refractivity contribution in [2.75, 3.05) is 39.3 Å². The third-order valence-corrected chi connectivity index (χ3v) is 7.76. The number of benzene rings is 2. The zero-order valence-corrected chi connectivity index (χ0v) is 21.4. The zero-order chi connectivity index (χ0) is 21.5. The molecule has 0 radical (unpaired) electrons. The summed E-state index contributed by atoms with van der Waals surface area (Å²) in [4.78, 5) is 6.93. The maximum atomic E-state index is 12.8. The molecular formula is C22H30Cl2N4O3S2. The smallest absolute Gasteiger partial charge is 0.240 e. The van der Waals surface area contributed by atoms with Gasteiger partial charge in [0.25, 0.3) is 0 Å². The third-order valence-electron chi connectivity index (χ3n) is 5.51. The molecule has 0 aliphatic carbocycles. The number of nitrogens with one attached hydrogen (secondary N) is 2. The van der Waals surface area contributed by atoms with Crippen LogP contribution in [0.1, 0.15) is 12.8 Å². The summed E-state index contributed by atoms with van der Waals surface area (Å²) in [5.41, 5.74) is 2.55. The summed E-state index contributed by atoms with van der Waals surface area (Å²) in [6.45, 7) is 4.83. The quantitative estimate of drug-likeness (QED) is 0.415. The van der Waals surface area contributed by atoms with Gasteiger partial charge in [-0.15, -0.1) is 36.2 Å². The molecule has 11 heteroatoms. The molecule has 1 aromatic heterocycles. The molecule has 33 heavy (non-hydrogen) atoms. The van der Waals surface area contributed by atoms with Crippen LogP contribution in [0.15, 0.2) is 58.9 Å². The molecule has 2 N–H and O–H groups in total. The highest BCUT2D eigenvalue weighted by Crippen LogP contribution is 2.22. The molecule has 1 aliphatic rings. The standard InChI is InChI=1S/C22H28N4O3S2.2ClH/c27-31(28,20-6-7-21-22(16-20)30-17-24-21)25-10-8-18(26-13-11-23-12-14-26)9-15-29-19-4-2-1-3-5-19;;/h1-7,16-18,23,25H,8-15H2;2*1H. The van der Waals surface area contributed by atoms with Crippen molar-refractivity contribution in [1.82, 2.24) is 19.9 Å². The predicted octanol–water partition coefficient (Wildman–Crippen LogP) is 3.55. The lowest BCUT2D eigenvalue weighted by atomic mass is 10.1. The van der Waals surface area contributed by atoms with Crippen molar-refractivity contribution in [3.8, 4) is 5.75 Å². The summed E-state index contributed by atoms with van der Waals surface area (Å²) in [6.07, 6.45) is 1.59. The highest BCUT2D eigenvalue weighted by atomic mass is 35.5. The first-order valence-electron chi connectivity index (χ1n) is 10.6. The van der Waals surface area contributed by atoms with Crippen LogP contribution < -0.4 is 14.8 Å². The van der Waals surface area contributed by atoms with Crippen LogP contribution in [0.5, 0.6) is 5.75 Å². The van der Waals surface area contributed by atoms with Gasteiger partial charge in [0, 0.05) is 38.8 Å². The van der Waals surface area contributed by atoms with Gasteiger partial charge in [0.2, 0.25) is 10.0 Å². The van der Waals surface area contributed by atoms with Gasteiger partial charge in [0.15, 0.2) is 0 Å². The first-order valence-corrected chi connectivity index (χ1v) is 12.9. The fourth-order valence-electron chi connectivity index (χ4n) is 3.83. The normalized spacial score (nSPS) is 15.4. The van der Waals surface area contributed by atoms with Crippen molar-refractivity contribution in [3.63, 3.8) is 0 Å². The number of piperazine rings is 1. The van der Waals surface area contributed by atoms with E-state index in [1.54, 1.807) is 23.7 Å². The number of thiazole rings is 1. The van der Waals surface area contributed by atoms with Crippen LogP contribution in [0.3, 0.4) is 0 Å². The van der Waals surface area contributed by atoms with Crippen molar-refractivity contribution in [1.29, 1.82) is 0 Å². The maximum absolute atomic E-state index is 12.8. The molecule has 2 aromatic carbocycles. The van der Waals surface area contributed by atoms with Crippen molar-refractivity contribution >= 4 is 56.4 Å². The fraction of sp³-hybridized carbons (Fsp3) is 0.409. The van der Waals surface area contributed by atoms with Crippen molar-refractivity contribution in [2.24, 2.45) is 0 Å². The van der Waals surface area contributed by atoms with E-state index in [0.29, 0.717) is 13.2 Å². The molecule has 1 atom stereocenters. The minimum Gasteiger partial charge on any atom is -0.494 e. The van der Waals surface area contributed by atoms with E-state index in [2.05, 4.69) is 19.9 Å². The summed E-state index contributed by atoms with van der Waals surface area (Å²) < 4.78 is 35.1. The van der Waals surface area contributed by atoms with Gasteiger partial charge in [-0.3, -0.25) is 4.90 Å². The Morgan fingerprint density at radius 3 is 2.61 bits per heavy atom. The second kappa shape index (κ2) is 13.4. The Kier molecular flexibility index (Phi) is 11.3. The van der Waals surface area contributed by atoms with Gasteiger partial charge >= 0.3 is 0 Å². The number of para-hydroxylation sites is 1. The molecule has 1 unspecified atom stereocenters. The average Bonchev–Trinajstić information content (AvgIpc) is 3.27. The van der Waals surface area contributed by atoms with Crippen molar-refractivity contribution < 1.29 is 13.2 Å². The minimum absolute atomic E-state index is 0. The largest absolute Gasteiger partial charge is 0.494 e. The summed E-state index contributed by atoms with van der Waals surface area (Å²) in [5.74, 6) is 0.862. The Morgan fingerprint density at radius 2 is 1.85 bits per heavy atom. The van der Waals surface area contributed by atoms with Gasteiger partial charge in [0.1, 0.15) is 5.75 Å². The zero-order valence-electron chi connectivity index (χ0n) is 18.2. The lowest BCUT2D eigenvalue weighted by molar-refractivity contribution is 0.139. The van der Waals surface area contributed by atoms with Crippen LogP contribution in [0.2, 0.25) is 0 Å². The van der Waals surface area contributed by atoms with E-state index >= 15 is 0 Å². The van der Waals surface area contributed by atoms with Crippen LogP contribution in [0, 0.1) is 0 Å². The molecule has 2 heterocycles. The van der Waals surface area contributed by atoms with Gasteiger partial charge in [-0.1, -0.05) is 18.2 Å². The number of ether oxygens (including phenoxy) is 1. The molecule has 0 spiro atoms. The minimum atomic E-state index is -3.55. The molecule has 3 aromatic rings. The average molecular weight is 534 g/mol. The van der Waals surface area contributed by atoms with E-state index in [-0.39, 0.29) is 35.8 Å². The van der Waals surface area contributed by atoms with Crippen LogP contribution in [0.25, 0.3) is 10.2 Å². The highest BCUT2D eigenvalue weighted by molar-refractivity contribution is 7.89. The number of rotatable bonds is 10. The summed E-state index contributed by atoms with van der Waals surface area (Å²) >= 11 is 1.44. The molecule has 1 fully saturated rings. The molecular weight excluding hydrogens is 503 g/mol.